The molecule has 0 atom stereocenters. The van der Waals surface area contributed by atoms with Gasteiger partial charge in [0.2, 0.25) is 0 Å². The third-order valence-corrected chi connectivity index (χ3v) is 3.91. The van der Waals surface area contributed by atoms with Gasteiger partial charge in [-0.15, -0.1) is 24.0 Å². The number of furan rings is 1. The molecule has 0 spiro atoms. The van der Waals surface area contributed by atoms with E-state index in [0.29, 0.717) is 6.54 Å². The van der Waals surface area contributed by atoms with Crippen LogP contribution in [0, 0.1) is 0 Å². The summed E-state index contributed by atoms with van der Waals surface area (Å²) in [6.45, 7) is 6.09. The molecule has 0 saturated heterocycles. The molecule has 0 unspecified atom stereocenters. The van der Waals surface area contributed by atoms with Crippen LogP contribution in [0.5, 0.6) is 0 Å². The highest BCUT2D eigenvalue weighted by Crippen LogP contribution is 2.01. The highest BCUT2D eigenvalue weighted by atomic mass is 127. The molecule has 2 N–H and O–H groups in total. The summed E-state index contributed by atoms with van der Waals surface area (Å²) in [6, 6.07) is 14.2. The molecular weight excluding hydrogens is 453 g/mol. The largest absolute Gasteiger partial charge is 0.469 e. The number of hydrogen-bond acceptors (Lipinski definition) is 3. The Balaban J connectivity index is 0.00000364. The number of nitrogens with zero attached hydrogens (tertiary/aromatic N) is 1. The lowest BCUT2D eigenvalue weighted by molar-refractivity contribution is 0.129. The molecule has 0 saturated carbocycles. The Kier molecular flexibility index (Phi) is 13.5. The second kappa shape index (κ2) is 15.5. The first-order chi connectivity index (χ1) is 12.9. The molecule has 0 aliphatic carbocycles. The lowest BCUT2D eigenvalue weighted by atomic mass is 10.2. The summed E-state index contributed by atoms with van der Waals surface area (Å²) in [5.41, 5.74) is 1.20. The van der Waals surface area contributed by atoms with Crippen molar-refractivity contribution in [3.63, 3.8) is 0 Å². The van der Waals surface area contributed by atoms with Crippen LogP contribution in [0.25, 0.3) is 0 Å². The molecule has 6 heteroatoms. The average molecular weight is 485 g/mol. The van der Waals surface area contributed by atoms with Gasteiger partial charge in [0.1, 0.15) is 5.76 Å². The predicted molar refractivity (Wildman–Crippen MR) is 122 cm³/mol. The van der Waals surface area contributed by atoms with Crippen LogP contribution in [0.15, 0.2) is 58.1 Å². The van der Waals surface area contributed by atoms with Gasteiger partial charge in [0.25, 0.3) is 0 Å². The Morgan fingerprint density at radius 3 is 2.52 bits per heavy atom. The monoisotopic (exact) mass is 485 g/mol. The van der Waals surface area contributed by atoms with Crippen molar-refractivity contribution >= 4 is 29.9 Å². The molecular formula is C21H32IN3O2. The second-order valence-electron chi connectivity index (χ2n) is 6.15. The number of hydrogen-bond donors (Lipinski definition) is 2. The van der Waals surface area contributed by atoms with Gasteiger partial charge in [-0.3, -0.25) is 0 Å². The van der Waals surface area contributed by atoms with Crippen molar-refractivity contribution in [2.24, 2.45) is 4.99 Å². The lowest BCUT2D eigenvalue weighted by Gasteiger charge is -2.12. The van der Waals surface area contributed by atoms with Crippen molar-refractivity contribution < 1.29 is 9.15 Å². The van der Waals surface area contributed by atoms with Gasteiger partial charge >= 0.3 is 0 Å². The van der Waals surface area contributed by atoms with E-state index in [-0.39, 0.29) is 24.0 Å². The first kappa shape index (κ1) is 23.5. The molecule has 0 bridgehead atoms. The van der Waals surface area contributed by atoms with E-state index < -0.39 is 0 Å². The standard InChI is InChI=1S/C21H31N3O2.HI/c1-2-3-15-25-16-8-13-22-21(23-14-12-20-11-7-17-26-20)24-18-19-9-5-4-6-10-19;/h4-7,9-11,17H,2-3,8,12-16,18H2,1H3,(H2,22,23,24);1H. The summed E-state index contributed by atoms with van der Waals surface area (Å²) >= 11 is 0. The van der Waals surface area contributed by atoms with Gasteiger partial charge in [0, 0.05) is 32.7 Å². The van der Waals surface area contributed by atoms with E-state index in [1.54, 1.807) is 6.26 Å². The second-order valence-corrected chi connectivity index (χ2v) is 6.15. The minimum atomic E-state index is 0. The molecule has 2 aromatic rings. The van der Waals surface area contributed by atoms with Gasteiger partial charge in [-0.25, -0.2) is 4.99 Å². The average Bonchev–Trinajstić information content (AvgIpc) is 3.19. The van der Waals surface area contributed by atoms with Gasteiger partial charge in [0.05, 0.1) is 12.8 Å². The van der Waals surface area contributed by atoms with E-state index >= 15 is 0 Å². The van der Waals surface area contributed by atoms with Crippen LogP contribution in [-0.4, -0.2) is 32.3 Å². The predicted octanol–water partition coefficient (Wildman–Crippen LogP) is 4.38. The van der Waals surface area contributed by atoms with Crippen LogP contribution < -0.4 is 10.6 Å². The molecule has 2 rings (SSSR count). The summed E-state index contributed by atoms with van der Waals surface area (Å²) in [7, 11) is 0. The van der Waals surface area contributed by atoms with Crippen molar-refractivity contribution in [3.05, 3.63) is 60.1 Å². The highest BCUT2D eigenvalue weighted by molar-refractivity contribution is 14.0. The van der Waals surface area contributed by atoms with Crippen molar-refractivity contribution in [2.75, 3.05) is 26.3 Å². The highest BCUT2D eigenvalue weighted by Gasteiger charge is 2.01. The van der Waals surface area contributed by atoms with Crippen LogP contribution in [0.1, 0.15) is 37.5 Å². The van der Waals surface area contributed by atoms with Crippen LogP contribution in [0.4, 0.5) is 0 Å². The number of benzene rings is 1. The number of aliphatic imine (C=N–C) groups is 1. The lowest BCUT2D eigenvalue weighted by Crippen LogP contribution is -2.39. The molecule has 0 aliphatic rings. The summed E-state index contributed by atoms with van der Waals surface area (Å²) in [5, 5.41) is 6.77. The van der Waals surface area contributed by atoms with E-state index in [1.165, 1.54) is 12.0 Å². The molecule has 1 aromatic heterocycles. The smallest absolute Gasteiger partial charge is 0.191 e. The SMILES string of the molecule is CCCCOCCCNC(=NCc1ccccc1)NCCc1ccco1.I. The quantitative estimate of drug-likeness (QED) is 0.203. The summed E-state index contributed by atoms with van der Waals surface area (Å²) in [5.74, 6) is 1.80. The topological polar surface area (TPSA) is 58.8 Å². The molecule has 0 radical (unpaired) electrons. The molecule has 1 heterocycles. The Bertz CT molecular complexity index is 603. The molecule has 0 fully saturated rings. The Morgan fingerprint density at radius 2 is 1.78 bits per heavy atom. The number of ether oxygens (including phenoxy) is 1. The van der Waals surface area contributed by atoms with Crippen LogP contribution in [0.2, 0.25) is 0 Å². The van der Waals surface area contributed by atoms with Crippen molar-refractivity contribution in [2.45, 2.75) is 39.2 Å². The zero-order valence-electron chi connectivity index (χ0n) is 16.2. The van der Waals surface area contributed by atoms with Gasteiger partial charge < -0.3 is 19.8 Å². The third-order valence-electron chi connectivity index (χ3n) is 3.91. The van der Waals surface area contributed by atoms with E-state index in [4.69, 9.17) is 9.15 Å². The molecule has 5 nitrogen and oxygen atoms in total. The maximum atomic E-state index is 5.60. The third kappa shape index (κ3) is 11.0. The van der Waals surface area contributed by atoms with Crippen LogP contribution >= 0.6 is 24.0 Å². The van der Waals surface area contributed by atoms with E-state index in [0.717, 1.165) is 57.3 Å². The van der Waals surface area contributed by atoms with E-state index in [2.05, 4.69) is 34.7 Å². The molecule has 150 valence electrons. The maximum absolute atomic E-state index is 5.60. The molecule has 27 heavy (non-hydrogen) atoms. The Morgan fingerprint density at radius 1 is 1.00 bits per heavy atom. The number of halogens is 1. The van der Waals surface area contributed by atoms with E-state index in [9.17, 15) is 0 Å². The van der Waals surface area contributed by atoms with Crippen molar-refractivity contribution in [1.29, 1.82) is 0 Å². The van der Waals surface area contributed by atoms with Crippen molar-refractivity contribution in [3.8, 4) is 0 Å². The Labute approximate surface area is 180 Å². The first-order valence-electron chi connectivity index (χ1n) is 9.54. The first-order valence-corrected chi connectivity index (χ1v) is 9.54. The van der Waals surface area contributed by atoms with Crippen LogP contribution in [0.3, 0.4) is 0 Å². The van der Waals surface area contributed by atoms with Gasteiger partial charge in [-0.1, -0.05) is 43.7 Å². The Hall–Kier alpha value is -1.54. The molecule has 0 aliphatic heterocycles. The number of nitrogens with one attached hydrogen (secondary N) is 2. The fourth-order valence-electron chi connectivity index (χ4n) is 2.42. The van der Waals surface area contributed by atoms with Crippen molar-refractivity contribution in [1.82, 2.24) is 10.6 Å². The number of guanidine groups is 1. The molecule has 1 aromatic carbocycles. The summed E-state index contributed by atoms with van der Waals surface area (Å²) < 4.78 is 11.0. The van der Waals surface area contributed by atoms with Gasteiger partial charge in [-0.2, -0.15) is 0 Å². The number of rotatable bonds is 12. The normalized spacial score (nSPS) is 11.1. The maximum Gasteiger partial charge on any atom is 0.191 e. The fourth-order valence-corrected chi connectivity index (χ4v) is 2.42. The minimum absolute atomic E-state index is 0. The fraction of sp³-hybridized carbons (Fsp3) is 0.476. The zero-order valence-corrected chi connectivity index (χ0v) is 18.5. The van der Waals surface area contributed by atoms with Crippen LogP contribution in [-0.2, 0) is 17.7 Å². The van der Waals surface area contributed by atoms with E-state index in [1.807, 2.05) is 30.3 Å². The summed E-state index contributed by atoms with van der Waals surface area (Å²) in [4.78, 5) is 4.68. The number of unbranched alkanes of at least 4 members (excludes halogenated alkanes) is 1. The van der Waals surface area contributed by atoms with Gasteiger partial charge in [0.15, 0.2) is 5.96 Å². The minimum Gasteiger partial charge on any atom is -0.469 e. The van der Waals surface area contributed by atoms with Gasteiger partial charge in [-0.05, 0) is 30.5 Å². The zero-order chi connectivity index (χ0) is 18.3. The molecule has 0 amide bonds. The summed E-state index contributed by atoms with van der Waals surface area (Å²) in [6.07, 6.45) is 5.81.